The van der Waals surface area contributed by atoms with E-state index in [1.165, 1.54) is 4.88 Å². The van der Waals surface area contributed by atoms with Crippen LogP contribution in [-0.2, 0) is 6.54 Å². The molecule has 0 spiro atoms. The summed E-state index contributed by atoms with van der Waals surface area (Å²) >= 11 is 13.6. The van der Waals surface area contributed by atoms with E-state index >= 15 is 0 Å². The van der Waals surface area contributed by atoms with Crippen molar-refractivity contribution in [3.8, 4) is 0 Å². The Hall–Kier alpha value is -1.04. The number of nitrogen functional groups attached to an aromatic ring is 1. The van der Waals surface area contributed by atoms with Crippen molar-refractivity contribution in [1.82, 2.24) is 9.97 Å². The summed E-state index contributed by atoms with van der Waals surface area (Å²) in [5.41, 5.74) is 8.53. The molecule has 2 N–H and O–H groups in total. The molecule has 96 valence electrons. The minimum atomic E-state index is 0.281. The smallest absolute Gasteiger partial charge is 0.150 e. The van der Waals surface area contributed by atoms with Gasteiger partial charge in [0.25, 0.3) is 0 Å². The lowest BCUT2D eigenvalue weighted by Gasteiger charge is -2.19. The molecule has 0 aliphatic heterocycles. The van der Waals surface area contributed by atoms with Gasteiger partial charge in [0, 0.05) is 11.9 Å². The number of anilines is 2. The summed E-state index contributed by atoms with van der Waals surface area (Å²) in [7, 11) is 1.90. The Bertz CT molecular complexity index is 570. The van der Waals surface area contributed by atoms with Gasteiger partial charge in [-0.15, -0.1) is 11.3 Å². The molecule has 0 radical (unpaired) electrons. The molecule has 2 rings (SSSR count). The third-order valence-corrected chi connectivity index (χ3v) is 4.03. The van der Waals surface area contributed by atoms with Crippen LogP contribution in [0.4, 0.5) is 11.6 Å². The molecule has 18 heavy (non-hydrogen) atoms. The molecule has 0 aliphatic rings. The van der Waals surface area contributed by atoms with Crippen molar-refractivity contribution in [2.24, 2.45) is 0 Å². The molecule has 0 bridgehead atoms. The second-order valence-electron chi connectivity index (χ2n) is 3.88. The molecule has 2 aromatic heterocycles. The third-order valence-electron chi connectivity index (χ3n) is 2.53. The van der Waals surface area contributed by atoms with Crippen molar-refractivity contribution in [3.63, 3.8) is 0 Å². The van der Waals surface area contributed by atoms with Crippen molar-refractivity contribution in [2.45, 2.75) is 13.5 Å². The van der Waals surface area contributed by atoms with Crippen LogP contribution in [0.5, 0.6) is 0 Å². The van der Waals surface area contributed by atoms with Crippen LogP contribution in [0.3, 0.4) is 0 Å². The number of nitrogens with zero attached hydrogens (tertiary/aromatic N) is 3. The first-order valence-corrected chi connectivity index (χ1v) is 6.84. The van der Waals surface area contributed by atoms with Crippen LogP contribution in [0.15, 0.2) is 11.6 Å². The molecule has 0 amide bonds. The van der Waals surface area contributed by atoms with E-state index in [-0.39, 0.29) is 5.82 Å². The molecule has 0 aliphatic carbocycles. The van der Waals surface area contributed by atoms with E-state index in [1.807, 2.05) is 24.4 Å². The van der Waals surface area contributed by atoms with Crippen LogP contribution in [0.25, 0.3) is 0 Å². The normalized spacial score (nSPS) is 10.7. The van der Waals surface area contributed by atoms with E-state index in [0.29, 0.717) is 22.4 Å². The fraction of sp³-hybridized carbons (Fsp3) is 0.273. The number of hydrogen-bond donors (Lipinski definition) is 1. The van der Waals surface area contributed by atoms with Crippen LogP contribution >= 0.6 is 34.5 Å². The highest BCUT2D eigenvalue weighted by molar-refractivity contribution is 7.09. The fourth-order valence-electron chi connectivity index (χ4n) is 1.51. The summed E-state index contributed by atoms with van der Waals surface area (Å²) in [5, 5.41) is 0.852. The highest BCUT2D eigenvalue weighted by atomic mass is 35.5. The van der Waals surface area contributed by atoms with Crippen LogP contribution in [0, 0.1) is 6.92 Å². The first-order chi connectivity index (χ1) is 8.49. The van der Waals surface area contributed by atoms with Crippen LogP contribution in [0.2, 0.25) is 10.0 Å². The number of thiazole rings is 1. The summed E-state index contributed by atoms with van der Waals surface area (Å²) in [6, 6.07) is 1.61. The SMILES string of the molecule is Cc1ncsc1CN(C)c1nc(N)c(Cl)cc1Cl. The van der Waals surface area contributed by atoms with Crippen molar-refractivity contribution < 1.29 is 0 Å². The maximum absolute atomic E-state index is 6.12. The number of aryl methyl sites for hydroxylation is 1. The fourth-order valence-corrected chi connectivity index (χ4v) is 2.84. The minimum Gasteiger partial charge on any atom is -0.382 e. The van der Waals surface area contributed by atoms with Gasteiger partial charge in [-0.3, -0.25) is 0 Å². The lowest BCUT2D eigenvalue weighted by molar-refractivity contribution is 0.903. The summed E-state index contributed by atoms with van der Waals surface area (Å²) < 4.78 is 0. The first-order valence-electron chi connectivity index (χ1n) is 5.20. The molecule has 0 fully saturated rings. The Morgan fingerprint density at radius 1 is 1.39 bits per heavy atom. The van der Waals surface area contributed by atoms with Crippen LogP contribution < -0.4 is 10.6 Å². The van der Waals surface area contributed by atoms with Crippen LogP contribution in [-0.4, -0.2) is 17.0 Å². The molecule has 0 saturated heterocycles. The number of aromatic nitrogens is 2. The van der Waals surface area contributed by atoms with E-state index < -0.39 is 0 Å². The third kappa shape index (κ3) is 2.68. The molecule has 4 nitrogen and oxygen atoms in total. The number of nitrogens with two attached hydrogens (primary N) is 1. The topological polar surface area (TPSA) is 55.0 Å². The van der Waals surface area contributed by atoms with Gasteiger partial charge < -0.3 is 10.6 Å². The van der Waals surface area contributed by atoms with Gasteiger partial charge in [-0.2, -0.15) is 0 Å². The highest BCUT2D eigenvalue weighted by Crippen LogP contribution is 2.30. The Morgan fingerprint density at radius 3 is 2.72 bits per heavy atom. The molecule has 0 unspecified atom stereocenters. The van der Waals surface area contributed by atoms with Crippen LogP contribution in [0.1, 0.15) is 10.6 Å². The van der Waals surface area contributed by atoms with E-state index in [0.717, 1.165) is 5.69 Å². The highest BCUT2D eigenvalue weighted by Gasteiger charge is 2.13. The van der Waals surface area contributed by atoms with Crippen molar-refractivity contribution >= 4 is 46.2 Å². The number of halogens is 2. The molecular weight excluding hydrogens is 291 g/mol. The number of rotatable bonds is 3. The summed E-state index contributed by atoms with van der Waals surface area (Å²) in [5.74, 6) is 0.898. The van der Waals surface area contributed by atoms with Gasteiger partial charge in [0.15, 0.2) is 0 Å². The standard InChI is InChI=1S/C11H12Cl2N4S/c1-6-9(18-5-15-6)4-17(2)11-8(13)3-7(12)10(14)16-11/h3,5H,4H2,1-2H3,(H2,14,16). The summed E-state index contributed by atoms with van der Waals surface area (Å²) in [6.45, 7) is 2.66. The monoisotopic (exact) mass is 302 g/mol. The molecule has 0 atom stereocenters. The van der Waals surface area contributed by atoms with E-state index in [1.54, 1.807) is 17.4 Å². The second kappa shape index (κ2) is 5.30. The zero-order valence-corrected chi connectivity index (χ0v) is 12.3. The lowest BCUT2D eigenvalue weighted by atomic mass is 10.3. The van der Waals surface area contributed by atoms with Crippen molar-refractivity contribution in [1.29, 1.82) is 0 Å². The molecule has 2 heterocycles. The average molecular weight is 303 g/mol. The molecule has 0 saturated carbocycles. The summed E-state index contributed by atoms with van der Waals surface area (Å²) in [4.78, 5) is 11.5. The maximum atomic E-state index is 6.12. The van der Waals surface area contributed by atoms with Gasteiger partial charge in [0.05, 0.1) is 27.8 Å². The summed E-state index contributed by atoms with van der Waals surface area (Å²) in [6.07, 6.45) is 0. The maximum Gasteiger partial charge on any atom is 0.150 e. The first kappa shape index (κ1) is 13.4. The Labute approximate surface area is 119 Å². The van der Waals surface area contributed by atoms with Gasteiger partial charge in [0.1, 0.15) is 11.6 Å². The van der Waals surface area contributed by atoms with E-state index in [2.05, 4.69) is 9.97 Å². The zero-order chi connectivity index (χ0) is 13.3. The minimum absolute atomic E-state index is 0.281. The Morgan fingerprint density at radius 2 is 2.11 bits per heavy atom. The predicted octanol–water partition coefficient (Wildman–Crippen LogP) is 3.37. The largest absolute Gasteiger partial charge is 0.382 e. The zero-order valence-electron chi connectivity index (χ0n) is 9.94. The number of pyridine rings is 1. The molecule has 0 aromatic carbocycles. The second-order valence-corrected chi connectivity index (χ2v) is 5.63. The Kier molecular flexibility index (Phi) is 3.94. The van der Waals surface area contributed by atoms with Crippen molar-refractivity contribution in [3.05, 3.63) is 32.2 Å². The van der Waals surface area contributed by atoms with Gasteiger partial charge in [-0.1, -0.05) is 23.2 Å². The lowest BCUT2D eigenvalue weighted by Crippen LogP contribution is -2.18. The Balaban J connectivity index is 2.26. The van der Waals surface area contributed by atoms with Crippen molar-refractivity contribution in [2.75, 3.05) is 17.7 Å². The van der Waals surface area contributed by atoms with Gasteiger partial charge >= 0.3 is 0 Å². The molecule has 7 heteroatoms. The van der Waals surface area contributed by atoms with Gasteiger partial charge in [0.2, 0.25) is 0 Å². The molecule has 2 aromatic rings. The van der Waals surface area contributed by atoms with Gasteiger partial charge in [-0.25, -0.2) is 9.97 Å². The number of hydrogen-bond acceptors (Lipinski definition) is 5. The quantitative estimate of drug-likeness (QED) is 0.944. The average Bonchev–Trinajstić information content (AvgIpc) is 2.69. The van der Waals surface area contributed by atoms with E-state index in [4.69, 9.17) is 28.9 Å². The predicted molar refractivity (Wildman–Crippen MR) is 77.6 cm³/mol. The van der Waals surface area contributed by atoms with E-state index in [9.17, 15) is 0 Å². The molecular formula is C11H12Cl2N4S. The van der Waals surface area contributed by atoms with Gasteiger partial charge in [-0.05, 0) is 13.0 Å².